The van der Waals surface area contributed by atoms with Crippen molar-refractivity contribution < 1.29 is 9.21 Å². The van der Waals surface area contributed by atoms with Crippen molar-refractivity contribution in [3.8, 4) is 0 Å². The summed E-state index contributed by atoms with van der Waals surface area (Å²) in [5.74, 6) is 1.80. The predicted molar refractivity (Wildman–Crippen MR) is 88.5 cm³/mol. The Balaban J connectivity index is 1.58. The summed E-state index contributed by atoms with van der Waals surface area (Å²) < 4.78 is 7.64. The molecule has 2 aliphatic rings. The van der Waals surface area contributed by atoms with Crippen molar-refractivity contribution in [2.75, 3.05) is 6.54 Å². The van der Waals surface area contributed by atoms with Crippen molar-refractivity contribution in [3.05, 3.63) is 35.3 Å². The number of rotatable bonds is 4. The van der Waals surface area contributed by atoms with Gasteiger partial charge < -0.3 is 9.32 Å². The first-order chi connectivity index (χ1) is 11.6. The van der Waals surface area contributed by atoms with E-state index in [0.29, 0.717) is 23.3 Å². The Morgan fingerprint density at radius 1 is 1.33 bits per heavy atom. The van der Waals surface area contributed by atoms with E-state index in [0.717, 1.165) is 37.8 Å². The monoisotopic (exact) mass is 328 g/mol. The molecule has 6 nitrogen and oxygen atoms in total. The lowest BCUT2D eigenvalue weighted by molar-refractivity contribution is 0.0575. The van der Waals surface area contributed by atoms with E-state index in [1.165, 1.54) is 12.8 Å². The smallest absolute Gasteiger partial charge is 0.292 e. The SMILES string of the molecule is Cc1nc(CC2CC2)oc1C(=O)N1CCCCC1c1cnn(C)c1. The molecule has 1 aliphatic carbocycles. The van der Waals surface area contributed by atoms with E-state index < -0.39 is 0 Å². The van der Waals surface area contributed by atoms with Crippen molar-refractivity contribution in [2.24, 2.45) is 13.0 Å². The molecule has 1 unspecified atom stereocenters. The first-order valence-electron chi connectivity index (χ1n) is 8.87. The van der Waals surface area contributed by atoms with Gasteiger partial charge in [0.05, 0.1) is 17.9 Å². The predicted octanol–water partition coefficient (Wildman–Crippen LogP) is 3.04. The van der Waals surface area contributed by atoms with Gasteiger partial charge in [0, 0.05) is 31.8 Å². The zero-order chi connectivity index (χ0) is 16.7. The lowest BCUT2D eigenvalue weighted by Crippen LogP contribution is -2.38. The molecule has 2 fully saturated rings. The Bertz CT molecular complexity index is 744. The highest BCUT2D eigenvalue weighted by Crippen LogP contribution is 2.34. The zero-order valence-electron chi connectivity index (χ0n) is 14.4. The van der Waals surface area contributed by atoms with E-state index >= 15 is 0 Å². The minimum Gasteiger partial charge on any atom is -0.435 e. The van der Waals surface area contributed by atoms with Crippen LogP contribution in [0.2, 0.25) is 0 Å². The van der Waals surface area contributed by atoms with Crippen LogP contribution in [-0.4, -0.2) is 32.1 Å². The molecule has 0 aromatic carbocycles. The van der Waals surface area contributed by atoms with Crippen LogP contribution in [0.15, 0.2) is 16.8 Å². The highest BCUT2D eigenvalue weighted by molar-refractivity contribution is 5.92. The Morgan fingerprint density at radius 2 is 2.17 bits per heavy atom. The Hall–Kier alpha value is -2.11. The van der Waals surface area contributed by atoms with Gasteiger partial charge in [0.1, 0.15) is 0 Å². The Labute approximate surface area is 141 Å². The molecule has 0 N–H and O–H groups in total. The third kappa shape index (κ3) is 2.97. The third-order valence-electron chi connectivity index (χ3n) is 5.07. The molecule has 0 bridgehead atoms. The number of carbonyl (C=O) groups excluding carboxylic acids is 1. The van der Waals surface area contributed by atoms with Crippen LogP contribution in [0, 0.1) is 12.8 Å². The lowest BCUT2D eigenvalue weighted by Gasteiger charge is -2.34. The minimum absolute atomic E-state index is 0.0319. The highest BCUT2D eigenvalue weighted by atomic mass is 16.4. The number of likely N-dealkylation sites (tertiary alicyclic amines) is 1. The molecule has 0 spiro atoms. The molecular weight excluding hydrogens is 304 g/mol. The average molecular weight is 328 g/mol. The third-order valence-corrected chi connectivity index (χ3v) is 5.07. The summed E-state index contributed by atoms with van der Waals surface area (Å²) in [7, 11) is 1.91. The number of carbonyl (C=O) groups is 1. The van der Waals surface area contributed by atoms with E-state index in [1.54, 1.807) is 4.68 Å². The van der Waals surface area contributed by atoms with Gasteiger partial charge in [-0.3, -0.25) is 9.48 Å². The molecule has 2 aromatic heterocycles. The van der Waals surface area contributed by atoms with Gasteiger partial charge in [-0.25, -0.2) is 4.98 Å². The van der Waals surface area contributed by atoms with Crippen LogP contribution >= 0.6 is 0 Å². The van der Waals surface area contributed by atoms with Crippen molar-refractivity contribution in [2.45, 2.75) is 51.5 Å². The van der Waals surface area contributed by atoms with Crippen molar-refractivity contribution >= 4 is 5.91 Å². The minimum atomic E-state index is -0.0319. The number of nitrogens with zero attached hydrogens (tertiary/aromatic N) is 4. The van der Waals surface area contributed by atoms with E-state index in [4.69, 9.17) is 4.42 Å². The maximum atomic E-state index is 13.1. The van der Waals surface area contributed by atoms with Gasteiger partial charge in [0.15, 0.2) is 5.89 Å². The number of hydrogen-bond donors (Lipinski definition) is 0. The zero-order valence-corrected chi connectivity index (χ0v) is 14.4. The van der Waals surface area contributed by atoms with Gasteiger partial charge in [0.2, 0.25) is 5.76 Å². The molecule has 6 heteroatoms. The maximum absolute atomic E-state index is 13.1. The topological polar surface area (TPSA) is 64.2 Å². The molecule has 1 aliphatic heterocycles. The summed E-state index contributed by atoms with van der Waals surface area (Å²) in [5, 5.41) is 4.26. The molecule has 1 saturated carbocycles. The van der Waals surface area contributed by atoms with Crippen LogP contribution in [0.25, 0.3) is 0 Å². The molecule has 1 amide bonds. The van der Waals surface area contributed by atoms with E-state index in [1.807, 2.05) is 31.3 Å². The van der Waals surface area contributed by atoms with Crippen LogP contribution < -0.4 is 0 Å². The van der Waals surface area contributed by atoms with Crippen molar-refractivity contribution in [1.29, 1.82) is 0 Å². The molecule has 1 saturated heterocycles. The summed E-state index contributed by atoms with van der Waals surface area (Å²) in [6.45, 7) is 2.63. The fourth-order valence-electron chi connectivity index (χ4n) is 3.57. The van der Waals surface area contributed by atoms with E-state index in [9.17, 15) is 4.79 Å². The standard InChI is InChI=1S/C18H24N4O2/c1-12-17(24-16(20-12)9-13-6-7-13)18(23)22-8-4-3-5-15(22)14-10-19-21(2)11-14/h10-11,13,15H,3-9H2,1-2H3. The van der Waals surface area contributed by atoms with Crippen LogP contribution in [0.1, 0.15) is 65.8 Å². The number of aryl methyl sites for hydroxylation is 2. The van der Waals surface area contributed by atoms with Gasteiger partial charge in [-0.1, -0.05) is 0 Å². The molecule has 1 atom stereocenters. The van der Waals surface area contributed by atoms with Gasteiger partial charge in [-0.15, -0.1) is 0 Å². The van der Waals surface area contributed by atoms with Crippen LogP contribution in [-0.2, 0) is 13.5 Å². The van der Waals surface area contributed by atoms with Crippen LogP contribution in [0.4, 0.5) is 0 Å². The quantitative estimate of drug-likeness (QED) is 0.865. The second-order valence-corrected chi connectivity index (χ2v) is 7.13. The van der Waals surface area contributed by atoms with Gasteiger partial charge in [-0.2, -0.15) is 5.10 Å². The fourth-order valence-corrected chi connectivity index (χ4v) is 3.57. The largest absolute Gasteiger partial charge is 0.435 e. The van der Waals surface area contributed by atoms with Crippen molar-refractivity contribution in [3.63, 3.8) is 0 Å². The molecule has 0 radical (unpaired) electrons. The van der Waals surface area contributed by atoms with Crippen LogP contribution in [0.5, 0.6) is 0 Å². The maximum Gasteiger partial charge on any atom is 0.292 e. The molecular formula is C18H24N4O2. The molecule has 4 rings (SSSR count). The molecule has 128 valence electrons. The fraction of sp³-hybridized carbons (Fsp3) is 0.611. The molecule has 24 heavy (non-hydrogen) atoms. The highest BCUT2D eigenvalue weighted by Gasteiger charge is 2.33. The lowest BCUT2D eigenvalue weighted by atomic mass is 9.97. The van der Waals surface area contributed by atoms with Gasteiger partial charge in [-0.05, 0) is 44.9 Å². The number of hydrogen-bond acceptors (Lipinski definition) is 4. The van der Waals surface area contributed by atoms with Crippen molar-refractivity contribution in [1.82, 2.24) is 19.7 Å². The molecule has 2 aromatic rings. The first-order valence-corrected chi connectivity index (χ1v) is 8.87. The number of aromatic nitrogens is 3. The van der Waals surface area contributed by atoms with E-state index in [2.05, 4.69) is 10.1 Å². The summed E-state index contributed by atoms with van der Waals surface area (Å²) in [6, 6.07) is 0.0799. The first kappa shape index (κ1) is 15.4. The summed E-state index contributed by atoms with van der Waals surface area (Å²) >= 11 is 0. The Morgan fingerprint density at radius 3 is 2.88 bits per heavy atom. The van der Waals surface area contributed by atoms with Gasteiger partial charge in [0.25, 0.3) is 5.91 Å². The summed E-state index contributed by atoms with van der Waals surface area (Å²) in [4.78, 5) is 19.5. The average Bonchev–Trinajstić information content (AvgIpc) is 3.16. The second-order valence-electron chi connectivity index (χ2n) is 7.13. The number of piperidine rings is 1. The number of amides is 1. The van der Waals surface area contributed by atoms with Gasteiger partial charge >= 0.3 is 0 Å². The Kier molecular flexibility index (Phi) is 3.90. The number of oxazole rings is 1. The van der Waals surface area contributed by atoms with E-state index in [-0.39, 0.29) is 11.9 Å². The molecule has 3 heterocycles. The second kappa shape index (κ2) is 6.07. The normalized spacial score (nSPS) is 21.2. The summed E-state index contributed by atoms with van der Waals surface area (Å²) in [5.41, 5.74) is 1.81. The van der Waals surface area contributed by atoms with Crippen LogP contribution in [0.3, 0.4) is 0 Å². The summed E-state index contributed by atoms with van der Waals surface area (Å²) in [6.07, 6.45) is 10.4.